The Hall–Kier alpha value is -3.59. The molecule has 0 spiro atoms. The molecule has 0 bridgehead atoms. The normalized spacial score (nSPS) is 14.7. The zero-order valence-corrected chi connectivity index (χ0v) is 18.4. The number of amides is 1. The zero-order chi connectivity index (χ0) is 24.1. The lowest BCUT2D eigenvalue weighted by molar-refractivity contribution is -0.274. The summed E-state index contributed by atoms with van der Waals surface area (Å²) in [7, 11) is 0. The molecule has 4 rings (SSSR count). The molecule has 0 atom stereocenters. The maximum absolute atomic E-state index is 13.0. The minimum absolute atomic E-state index is 0.145. The van der Waals surface area contributed by atoms with Gasteiger partial charge in [0.05, 0.1) is 6.54 Å². The molecule has 0 aliphatic carbocycles. The molecule has 1 fully saturated rings. The zero-order valence-electron chi connectivity index (χ0n) is 18.4. The van der Waals surface area contributed by atoms with Crippen molar-refractivity contribution in [2.45, 2.75) is 19.5 Å². The average Bonchev–Trinajstić information content (AvgIpc) is 2.82. The Morgan fingerprint density at radius 2 is 1.47 bits per heavy atom. The van der Waals surface area contributed by atoms with Crippen LogP contribution in [0.15, 0.2) is 77.7 Å². The van der Waals surface area contributed by atoms with Gasteiger partial charge in [-0.1, -0.05) is 42.5 Å². The Labute approximate surface area is 194 Å². The van der Waals surface area contributed by atoms with Crippen molar-refractivity contribution >= 4 is 5.91 Å². The van der Waals surface area contributed by atoms with Crippen LogP contribution in [0.2, 0.25) is 0 Å². The number of hydrogen-bond acceptors (Lipinski definition) is 4. The molecule has 0 radical (unpaired) electrons. The lowest BCUT2D eigenvalue weighted by Crippen LogP contribution is -2.49. The minimum atomic E-state index is -4.71. The predicted molar refractivity (Wildman–Crippen MR) is 121 cm³/mol. The first-order valence-corrected chi connectivity index (χ1v) is 10.9. The molecular weight excluding hydrogens is 447 g/mol. The number of halogens is 3. The summed E-state index contributed by atoms with van der Waals surface area (Å²) in [5, 5.41) is 0. The van der Waals surface area contributed by atoms with Crippen LogP contribution in [0.4, 0.5) is 13.2 Å². The molecule has 3 aromatic rings. The van der Waals surface area contributed by atoms with E-state index in [1.54, 1.807) is 35.4 Å². The fourth-order valence-electron chi connectivity index (χ4n) is 3.94. The average molecular weight is 471 g/mol. The van der Waals surface area contributed by atoms with Crippen LogP contribution in [0, 0.1) is 0 Å². The molecule has 9 heteroatoms. The van der Waals surface area contributed by atoms with Crippen LogP contribution >= 0.6 is 0 Å². The highest BCUT2D eigenvalue weighted by Crippen LogP contribution is 2.23. The summed E-state index contributed by atoms with van der Waals surface area (Å²) < 4.78 is 42.3. The van der Waals surface area contributed by atoms with E-state index < -0.39 is 6.36 Å². The van der Waals surface area contributed by atoms with E-state index in [4.69, 9.17) is 0 Å². The molecule has 34 heavy (non-hydrogen) atoms. The molecule has 178 valence electrons. The van der Waals surface area contributed by atoms with E-state index >= 15 is 0 Å². The standard InChI is InChI=1S/C25H24F3N3O3/c26-25(27,28)34-21-10-8-20(9-11-21)17-29-13-15-30(16-14-29)23(32)22-7-4-12-31(24(22)33)18-19-5-2-1-3-6-19/h1-12H,13-18H2. The summed E-state index contributed by atoms with van der Waals surface area (Å²) in [6.07, 6.45) is -3.04. The first-order chi connectivity index (χ1) is 16.3. The van der Waals surface area contributed by atoms with Crippen LogP contribution < -0.4 is 10.3 Å². The molecule has 2 aromatic carbocycles. The summed E-state index contributed by atoms with van der Waals surface area (Å²) in [5.74, 6) is -0.548. The van der Waals surface area contributed by atoms with E-state index in [2.05, 4.69) is 9.64 Å². The van der Waals surface area contributed by atoms with Crippen LogP contribution in [0.1, 0.15) is 21.5 Å². The van der Waals surface area contributed by atoms with Crippen LogP contribution in [0.3, 0.4) is 0 Å². The van der Waals surface area contributed by atoms with Gasteiger partial charge in [0.2, 0.25) is 0 Å². The third-order valence-electron chi connectivity index (χ3n) is 5.67. The van der Waals surface area contributed by atoms with Crippen LogP contribution in [0.25, 0.3) is 0 Å². The van der Waals surface area contributed by atoms with Gasteiger partial charge in [0.1, 0.15) is 11.3 Å². The van der Waals surface area contributed by atoms with E-state index in [9.17, 15) is 22.8 Å². The predicted octanol–water partition coefficient (Wildman–Crippen LogP) is 3.75. The molecule has 1 aliphatic rings. The van der Waals surface area contributed by atoms with Crippen molar-refractivity contribution in [3.63, 3.8) is 0 Å². The highest BCUT2D eigenvalue weighted by molar-refractivity contribution is 5.93. The van der Waals surface area contributed by atoms with Crippen molar-refractivity contribution < 1.29 is 22.7 Å². The molecular formula is C25H24F3N3O3. The van der Waals surface area contributed by atoms with Gasteiger partial charge in [-0.15, -0.1) is 13.2 Å². The quantitative estimate of drug-likeness (QED) is 0.550. The summed E-state index contributed by atoms with van der Waals surface area (Å²) >= 11 is 0. The van der Waals surface area contributed by atoms with Crippen molar-refractivity contribution in [1.29, 1.82) is 0 Å². The second-order valence-electron chi connectivity index (χ2n) is 8.10. The lowest BCUT2D eigenvalue weighted by Gasteiger charge is -2.34. The van der Waals surface area contributed by atoms with Crippen LogP contribution in [0.5, 0.6) is 5.75 Å². The molecule has 1 aromatic heterocycles. The number of carbonyl (C=O) groups is 1. The number of benzene rings is 2. The Kier molecular flexibility index (Phi) is 7.02. The van der Waals surface area contributed by atoms with Crippen LogP contribution in [-0.4, -0.2) is 52.8 Å². The van der Waals surface area contributed by atoms with Crippen molar-refractivity contribution in [2.24, 2.45) is 0 Å². The smallest absolute Gasteiger partial charge is 0.406 e. The molecule has 0 saturated carbocycles. The van der Waals surface area contributed by atoms with Crippen LogP contribution in [-0.2, 0) is 13.1 Å². The highest BCUT2D eigenvalue weighted by Gasteiger charge is 2.31. The summed E-state index contributed by atoms with van der Waals surface area (Å²) in [5.41, 5.74) is 1.65. The second kappa shape index (κ2) is 10.1. The molecule has 1 saturated heterocycles. The Morgan fingerprint density at radius 3 is 2.12 bits per heavy atom. The number of hydrogen-bond donors (Lipinski definition) is 0. The Balaban J connectivity index is 1.34. The fourth-order valence-corrected chi connectivity index (χ4v) is 3.94. The SMILES string of the molecule is O=C(c1cccn(Cc2ccccc2)c1=O)N1CCN(Cc2ccc(OC(F)(F)F)cc2)CC1. The maximum atomic E-state index is 13.0. The number of aromatic nitrogens is 1. The van der Waals surface area contributed by atoms with Gasteiger partial charge in [-0.2, -0.15) is 0 Å². The first kappa shape index (κ1) is 23.6. The van der Waals surface area contributed by atoms with E-state index in [1.807, 2.05) is 30.3 Å². The molecule has 6 nitrogen and oxygen atoms in total. The second-order valence-corrected chi connectivity index (χ2v) is 8.10. The van der Waals surface area contributed by atoms with Crippen molar-refractivity contribution in [2.75, 3.05) is 26.2 Å². The van der Waals surface area contributed by atoms with E-state index in [0.717, 1.165) is 11.1 Å². The van der Waals surface area contributed by atoms with Gasteiger partial charge in [0.15, 0.2) is 0 Å². The van der Waals surface area contributed by atoms with Crippen molar-refractivity contribution in [3.8, 4) is 5.75 Å². The van der Waals surface area contributed by atoms with Gasteiger partial charge in [-0.05, 0) is 35.4 Å². The van der Waals surface area contributed by atoms with E-state index in [-0.39, 0.29) is 22.8 Å². The molecule has 0 unspecified atom stereocenters. The fraction of sp³-hybridized carbons (Fsp3) is 0.280. The van der Waals surface area contributed by atoms with Gasteiger partial charge < -0.3 is 14.2 Å². The number of pyridine rings is 1. The topological polar surface area (TPSA) is 54.8 Å². The number of rotatable bonds is 6. The largest absolute Gasteiger partial charge is 0.573 e. The number of nitrogens with zero attached hydrogens (tertiary/aromatic N) is 3. The number of carbonyl (C=O) groups excluding carboxylic acids is 1. The first-order valence-electron chi connectivity index (χ1n) is 10.9. The van der Waals surface area contributed by atoms with Gasteiger partial charge in [-0.25, -0.2) is 0 Å². The van der Waals surface area contributed by atoms with Gasteiger partial charge in [0.25, 0.3) is 11.5 Å². The summed E-state index contributed by atoms with van der Waals surface area (Å²) in [6, 6.07) is 18.6. The Bertz CT molecular complexity index is 1170. The van der Waals surface area contributed by atoms with Gasteiger partial charge in [-0.3, -0.25) is 14.5 Å². The van der Waals surface area contributed by atoms with Gasteiger partial charge in [0, 0.05) is 38.9 Å². The Morgan fingerprint density at radius 1 is 0.824 bits per heavy atom. The number of piperazine rings is 1. The lowest BCUT2D eigenvalue weighted by atomic mass is 10.1. The summed E-state index contributed by atoms with van der Waals surface area (Å²) in [6.45, 7) is 3.04. The monoisotopic (exact) mass is 471 g/mol. The molecule has 1 aliphatic heterocycles. The third-order valence-corrected chi connectivity index (χ3v) is 5.67. The minimum Gasteiger partial charge on any atom is -0.406 e. The molecule has 2 heterocycles. The van der Waals surface area contributed by atoms with Crippen molar-refractivity contribution in [1.82, 2.24) is 14.4 Å². The number of alkyl halides is 3. The number of ether oxygens (including phenoxy) is 1. The molecule has 0 N–H and O–H groups in total. The van der Waals surface area contributed by atoms with E-state index in [0.29, 0.717) is 39.3 Å². The van der Waals surface area contributed by atoms with Gasteiger partial charge >= 0.3 is 6.36 Å². The highest BCUT2D eigenvalue weighted by atomic mass is 19.4. The third kappa shape index (κ3) is 6.05. The maximum Gasteiger partial charge on any atom is 0.573 e. The van der Waals surface area contributed by atoms with E-state index in [1.165, 1.54) is 16.7 Å². The summed E-state index contributed by atoms with van der Waals surface area (Å²) in [4.78, 5) is 29.7. The molecule has 1 amide bonds. The van der Waals surface area contributed by atoms with Crippen molar-refractivity contribution in [3.05, 3.63) is 100.0 Å².